The Morgan fingerprint density at radius 3 is 2.76 bits per heavy atom. The Hall–Kier alpha value is -1.40. The van der Waals surface area contributed by atoms with Crippen molar-refractivity contribution in [3.05, 3.63) is 40.0 Å². The second-order valence-electron chi connectivity index (χ2n) is 3.33. The molecule has 2 aromatic rings. The highest BCUT2D eigenvalue weighted by molar-refractivity contribution is 9.10. The van der Waals surface area contributed by atoms with E-state index in [1.807, 2.05) is 0 Å². The molecule has 7 heteroatoms. The number of rotatable bonds is 2. The molecular formula is C10H8BrClN4O. The lowest BCUT2D eigenvalue weighted by atomic mass is 10.4. The molecule has 0 saturated carbocycles. The maximum atomic E-state index is 11.9. The lowest BCUT2D eigenvalue weighted by Crippen LogP contribution is -2.16. The van der Waals surface area contributed by atoms with Crippen molar-refractivity contribution in [1.29, 1.82) is 0 Å². The molecule has 0 saturated heterocycles. The van der Waals surface area contributed by atoms with E-state index in [1.54, 1.807) is 23.9 Å². The van der Waals surface area contributed by atoms with E-state index in [1.165, 1.54) is 12.4 Å². The van der Waals surface area contributed by atoms with Gasteiger partial charge in [-0.2, -0.15) is 0 Å². The molecule has 2 heterocycles. The highest BCUT2D eigenvalue weighted by Gasteiger charge is 2.11. The quantitative estimate of drug-likeness (QED) is 0.926. The number of amides is 1. The minimum atomic E-state index is -0.281. The number of anilines is 1. The number of hydrogen-bond donors (Lipinski definition) is 1. The van der Waals surface area contributed by atoms with Crippen molar-refractivity contribution in [3.8, 4) is 0 Å². The average Bonchev–Trinajstić information content (AvgIpc) is 2.61. The third kappa shape index (κ3) is 2.83. The van der Waals surface area contributed by atoms with Crippen molar-refractivity contribution in [2.24, 2.45) is 7.05 Å². The molecule has 1 amide bonds. The molecular weight excluding hydrogens is 307 g/mol. The molecule has 88 valence electrons. The minimum absolute atomic E-state index is 0.281. The second-order valence-corrected chi connectivity index (χ2v) is 4.58. The molecule has 0 fully saturated rings. The Labute approximate surface area is 111 Å². The highest BCUT2D eigenvalue weighted by atomic mass is 79.9. The highest BCUT2D eigenvalue weighted by Crippen LogP contribution is 2.14. The lowest BCUT2D eigenvalue weighted by Gasteiger charge is -2.04. The van der Waals surface area contributed by atoms with Gasteiger partial charge in [-0.15, -0.1) is 0 Å². The van der Waals surface area contributed by atoms with Crippen LogP contribution < -0.4 is 5.32 Å². The van der Waals surface area contributed by atoms with Crippen LogP contribution in [0, 0.1) is 0 Å². The first kappa shape index (κ1) is 12.1. The molecule has 0 aliphatic carbocycles. The van der Waals surface area contributed by atoms with Crippen LogP contribution in [0.1, 0.15) is 10.5 Å². The molecule has 5 nitrogen and oxygen atoms in total. The number of aromatic nitrogens is 3. The van der Waals surface area contributed by atoms with Gasteiger partial charge >= 0.3 is 0 Å². The zero-order chi connectivity index (χ0) is 12.4. The van der Waals surface area contributed by atoms with E-state index in [-0.39, 0.29) is 5.91 Å². The predicted molar refractivity (Wildman–Crippen MR) is 68.1 cm³/mol. The average molecular weight is 316 g/mol. The van der Waals surface area contributed by atoms with E-state index < -0.39 is 0 Å². The van der Waals surface area contributed by atoms with Gasteiger partial charge in [-0.3, -0.25) is 4.79 Å². The zero-order valence-corrected chi connectivity index (χ0v) is 11.2. The lowest BCUT2D eigenvalue weighted by molar-refractivity contribution is 0.101. The molecule has 0 atom stereocenters. The number of carbonyl (C=O) groups is 1. The predicted octanol–water partition coefficient (Wildman–Crippen LogP) is 2.48. The number of hydrogen-bond acceptors (Lipinski definition) is 3. The van der Waals surface area contributed by atoms with E-state index in [0.717, 1.165) is 0 Å². The molecule has 0 aliphatic heterocycles. The van der Waals surface area contributed by atoms with Crippen LogP contribution in [-0.2, 0) is 7.05 Å². The van der Waals surface area contributed by atoms with Gasteiger partial charge in [0, 0.05) is 13.2 Å². The fourth-order valence-corrected chi connectivity index (χ4v) is 1.76. The van der Waals surface area contributed by atoms with Gasteiger partial charge in [0.1, 0.15) is 10.3 Å². The zero-order valence-electron chi connectivity index (χ0n) is 8.82. The second kappa shape index (κ2) is 4.85. The molecule has 1 N–H and O–H groups in total. The summed E-state index contributed by atoms with van der Waals surface area (Å²) in [5, 5.41) is 3.14. The van der Waals surface area contributed by atoms with Crippen molar-refractivity contribution < 1.29 is 4.79 Å². The van der Waals surface area contributed by atoms with Crippen LogP contribution >= 0.6 is 27.5 Å². The minimum Gasteiger partial charge on any atom is -0.345 e. The summed E-state index contributed by atoms with van der Waals surface area (Å²) in [5.41, 5.74) is 0.458. The third-order valence-corrected chi connectivity index (χ3v) is 2.68. The molecule has 0 spiro atoms. The van der Waals surface area contributed by atoms with Crippen molar-refractivity contribution in [3.63, 3.8) is 0 Å². The summed E-state index contributed by atoms with van der Waals surface area (Å²) in [6.45, 7) is 0. The monoisotopic (exact) mass is 314 g/mol. The van der Waals surface area contributed by atoms with Crippen LogP contribution in [0.5, 0.6) is 0 Å². The molecule has 0 radical (unpaired) electrons. The molecule has 2 aromatic heterocycles. The van der Waals surface area contributed by atoms with Crippen molar-refractivity contribution in [2.45, 2.75) is 0 Å². The number of halogens is 2. The van der Waals surface area contributed by atoms with E-state index >= 15 is 0 Å². The van der Waals surface area contributed by atoms with Crippen LogP contribution in [-0.4, -0.2) is 20.4 Å². The Morgan fingerprint density at radius 1 is 1.47 bits per heavy atom. The van der Waals surface area contributed by atoms with Gasteiger partial charge < -0.3 is 9.88 Å². The van der Waals surface area contributed by atoms with Gasteiger partial charge in [-0.1, -0.05) is 11.6 Å². The summed E-state index contributed by atoms with van der Waals surface area (Å²) < 4.78 is 2.25. The van der Waals surface area contributed by atoms with Gasteiger partial charge in [0.25, 0.3) is 5.91 Å². The summed E-state index contributed by atoms with van der Waals surface area (Å²) >= 11 is 8.96. The van der Waals surface area contributed by atoms with Gasteiger partial charge in [-0.25, -0.2) is 9.97 Å². The molecule has 0 aromatic carbocycles. The standard InChI is InChI=1S/C10H8BrClN4O/c1-16-5-6(12)2-7(16)10(17)15-9-4-13-8(11)3-14-9/h2-5H,1H3,(H,14,15,17). The summed E-state index contributed by atoms with van der Waals surface area (Å²) in [5.74, 6) is 0.103. The largest absolute Gasteiger partial charge is 0.345 e. The molecule has 0 bridgehead atoms. The Bertz CT molecular complexity index is 552. The number of nitrogens with one attached hydrogen (secondary N) is 1. The van der Waals surface area contributed by atoms with Crippen LogP contribution in [0.25, 0.3) is 0 Å². The maximum Gasteiger partial charge on any atom is 0.273 e. The topological polar surface area (TPSA) is 59.8 Å². The van der Waals surface area contributed by atoms with Crippen molar-refractivity contribution in [2.75, 3.05) is 5.32 Å². The van der Waals surface area contributed by atoms with Crippen molar-refractivity contribution >= 4 is 39.3 Å². The smallest absolute Gasteiger partial charge is 0.273 e. The Balaban J connectivity index is 2.17. The third-order valence-electron chi connectivity index (χ3n) is 2.07. The summed E-state index contributed by atoms with van der Waals surface area (Å²) in [6.07, 6.45) is 4.63. The number of carbonyl (C=O) groups excluding carboxylic acids is 1. The normalized spacial score (nSPS) is 10.3. The van der Waals surface area contributed by atoms with Crippen LogP contribution in [0.3, 0.4) is 0 Å². The van der Waals surface area contributed by atoms with E-state index in [2.05, 4.69) is 31.2 Å². The first-order valence-electron chi connectivity index (χ1n) is 4.67. The van der Waals surface area contributed by atoms with Crippen LogP contribution in [0.2, 0.25) is 5.02 Å². The molecule has 0 unspecified atom stereocenters. The van der Waals surface area contributed by atoms with Gasteiger partial charge in [0.2, 0.25) is 0 Å². The SMILES string of the molecule is Cn1cc(Cl)cc1C(=O)Nc1cnc(Br)cn1. The van der Waals surface area contributed by atoms with Gasteiger partial charge in [0.15, 0.2) is 5.82 Å². The maximum absolute atomic E-state index is 11.9. The Morgan fingerprint density at radius 2 is 2.24 bits per heavy atom. The molecule has 2 rings (SSSR count). The summed E-state index contributed by atoms with van der Waals surface area (Å²) in [6, 6.07) is 1.59. The van der Waals surface area contributed by atoms with E-state index in [4.69, 9.17) is 11.6 Å². The fraction of sp³-hybridized carbons (Fsp3) is 0.100. The fourth-order valence-electron chi connectivity index (χ4n) is 1.31. The summed E-state index contributed by atoms with van der Waals surface area (Å²) in [7, 11) is 1.74. The van der Waals surface area contributed by atoms with E-state index in [9.17, 15) is 4.79 Å². The van der Waals surface area contributed by atoms with Gasteiger partial charge in [-0.05, 0) is 22.0 Å². The Kier molecular flexibility index (Phi) is 3.44. The first-order chi connectivity index (χ1) is 8.06. The van der Waals surface area contributed by atoms with E-state index in [0.29, 0.717) is 21.1 Å². The first-order valence-corrected chi connectivity index (χ1v) is 5.84. The number of aryl methyl sites for hydroxylation is 1. The number of nitrogens with zero attached hydrogens (tertiary/aromatic N) is 3. The van der Waals surface area contributed by atoms with Crippen molar-refractivity contribution in [1.82, 2.24) is 14.5 Å². The molecule has 17 heavy (non-hydrogen) atoms. The molecule has 0 aliphatic rings. The van der Waals surface area contributed by atoms with Gasteiger partial charge in [0.05, 0.1) is 17.4 Å². The van der Waals surface area contributed by atoms with Crippen LogP contribution in [0.15, 0.2) is 29.3 Å². The summed E-state index contributed by atoms with van der Waals surface area (Å²) in [4.78, 5) is 19.8. The van der Waals surface area contributed by atoms with Crippen LogP contribution in [0.4, 0.5) is 5.82 Å².